The molecule has 0 fully saturated rings. The van der Waals surface area contributed by atoms with Gasteiger partial charge in [-0.15, -0.1) is 0 Å². The lowest BCUT2D eigenvalue weighted by Crippen LogP contribution is -2.05. The summed E-state index contributed by atoms with van der Waals surface area (Å²) in [6, 6.07) is 13.5. The molecule has 100 valence electrons. The summed E-state index contributed by atoms with van der Waals surface area (Å²) < 4.78 is 6.70. The molecule has 0 saturated carbocycles. The van der Waals surface area contributed by atoms with Crippen molar-refractivity contribution in [1.29, 1.82) is 0 Å². The molecule has 2 N–H and O–H groups in total. The molecule has 4 heteroatoms. The molecule has 19 heavy (non-hydrogen) atoms. The number of rotatable bonds is 4. The van der Waals surface area contributed by atoms with E-state index in [-0.39, 0.29) is 6.04 Å². The molecule has 0 saturated heterocycles. The Kier molecular flexibility index (Phi) is 4.86. The van der Waals surface area contributed by atoms with Gasteiger partial charge < -0.3 is 10.5 Å². The predicted molar refractivity (Wildman–Crippen MR) is 82.5 cm³/mol. The molecule has 0 aliphatic heterocycles. The third kappa shape index (κ3) is 3.96. The Bertz CT molecular complexity index is 572. The normalized spacial score (nSPS) is 12.2. The maximum atomic E-state index is 5.93. The van der Waals surface area contributed by atoms with Crippen molar-refractivity contribution in [3.63, 3.8) is 0 Å². The Balaban J connectivity index is 2.06. The van der Waals surface area contributed by atoms with Crippen molar-refractivity contribution in [2.24, 2.45) is 5.73 Å². The summed E-state index contributed by atoms with van der Waals surface area (Å²) in [5, 5.41) is 0.717. The summed E-state index contributed by atoms with van der Waals surface area (Å²) in [5.74, 6) is 0.802. The second kappa shape index (κ2) is 6.42. The number of benzene rings is 2. The average molecular weight is 341 g/mol. The molecule has 2 aromatic carbocycles. The molecule has 0 radical (unpaired) electrons. The minimum Gasteiger partial charge on any atom is -0.489 e. The molecular weight excluding hydrogens is 326 g/mol. The van der Waals surface area contributed by atoms with Crippen LogP contribution < -0.4 is 10.5 Å². The fourth-order valence-electron chi connectivity index (χ4n) is 1.76. The van der Waals surface area contributed by atoms with E-state index in [9.17, 15) is 0 Å². The van der Waals surface area contributed by atoms with Crippen molar-refractivity contribution in [2.45, 2.75) is 19.6 Å². The van der Waals surface area contributed by atoms with Crippen molar-refractivity contribution in [3.8, 4) is 5.75 Å². The highest BCUT2D eigenvalue weighted by molar-refractivity contribution is 9.10. The van der Waals surface area contributed by atoms with Gasteiger partial charge in [-0.25, -0.2) is 0 Å². The molecular formula is C15H15BrClNO. The lowest BCUT2D eigenvalue weighted by molar-refractivity contribution is 0.306. The number of halogens is 2. The van der Waals surface area contributed by atoms with Gasteiger partial charge in [-0.3, -0.25) is 0 Å². The first-order valence-corrected chi connectivity index (χ1v) is 7.15. The molecule has 1 atom stereocenters. The van der Waals surface area contributed by atoms with E-state index in [1.54, 1.807) is 0 Å². The van der Waals surface area contributed by atoms with Crippen LogP contribution in [-0.2, 0) is 6.61 Å². The smallest absolute Gasteiger partial charge is 0.120 e. The zero-order chi connectivity index (χ0) is 13.8. The third-order valence-corrected chi connectivity index (χ3v) is 3.68. The van der Waals surface area contributed by atoms with Gasteiger partial charge in [-0.1, -0.05) is 45.7 Å². The largest absolute Gasteiger partial charge is 0.489 e. The average Bonchev–Trinajstić information content (AvgIpc) is 2.36. The molecule has 1 unspecified atom stereocenters. The molecule has 0 spiro atoms. The van der Waals surface area contributed by atoms with Crippen LogP contribution in [0.25, 0.3) is 0 Å². The van der Waals surface area contributed by atoms with Crippen LogP contribution in [0.4, 0.5) is 0 Å². The van der Waals surface area contributed by atoms with Crippen LogP contribution in [0.2, 0.25) is 5.02 Å². The number of hydrogen-bond acceptors (Lipinski definition) is 2. The van der Waals surface area contributed by atoms with E-state index < -0.39 is 0 Å². The van der Waals surface area contributed by atoms with Crippen LogP contribution in [0.1, 0.15) is 24.1 Å². The monoisotopic (exact) mass is 339 g/mol. The van der Waals surface area contributed by atoms with Gasteiger partial charge in [0.1, 0.15) is 12.4 Å². The van der Waals surface area contributed by atoms with E-state index in [2.05, 4.69) is 15.9 Å². The summed E-state index contributed by atoms with van der Waals surface area (Å²) in [7, 11) is 0. The Morgan fingerprint density at radius 3 is 2.68 bits per heavy atom. The maximum absolute atomic E-state index is 5.93. The number of hydrogen-bond donors (Lipinski definition) is 1. The maximum Gasteiger partial charge on any atom is 0.120 e. The lowest BCUT2D eigenvalue weighted by Gasteiger charge is -2.11. The first-order valence-electron chi connectivity index (χ1n) is 5.98. The molecule has 0 aromatic heterocycles. The fraction of sp³-hybridized carbons (Fsp3) is 0.200. The second-order valence-electron chi connectivity index (χ2n) is 4.39. The minimum absolute atomic E-state index is 0.00338. The molecule has 2 nitrogen and oxygen atoms in total. The van der Waals surface area contributed by atoms with E-state index >= 15 is 0 Å². The summed E-state index contributed by atoms with van der Waals surface area (Å²) in [6.07, 6.45) is 0. The summed E-state index contributed by atoms with van der Waals surface area (Å²) >= 11 is 9.43. The van der Waals surface area contributed by atoms with E-state index in [0.29, 0.717) is 6.61 Å². The van der Waals surface area contributed by atoms with Crippen LogP contribution in [0.5, 0.6) is 5.75 Å². The predicted octanol–water partition coefficient (Wildman–Crippen LogP) is 4.70. The second-order valence-corrected chi connectivity index (χ2v) is 5.68. The standard InChI is InChI=1S/C15H15BrClNO/c1-10(18)14-6-5-13(8-15(14)16)19-9-11-3-2-4-12(17)7-11/h2-8,10H,9,18H2,1H3. The minimum atomic E-state index is -0.00338. The Hall–Kier alpha value is -1.03. The van der Waals surface area contributed by atoms with Crippen LogP contribution in [-0.4, -0.2) is 0 Å². The Labute approximate surface area is 126 Å². The van der Waals surface area contributed by atoms with Gasteiger partial charge >= 0.3 is 0 Å². The number of ether oxygens (including phenoxy) is 1. The first kappa shape index (κ1) is 14.4. The zero-order valence-electron chi connectivity index (χ0n) is 10.6. The van der Waals surface area contributed by atoms with Crippen LogP contribution in [0.3, 0.4) is 0 Å². The Morgan fingerprint density at radius 2 is 2.05 bits per heavy atom. The van der Waals surface area contributed by atoms with Crippen LogP contribution in [0, 0.1) is 0 Å². The van der Waals surface area contributed by atoms with Gasteiger partial charge in [0, 0.05) is 15.5 Å². The highest BCUT2D eigenvalue weighted by Crippen LogP contribution is 2.27. The van der Waals surface area contributed by atoms with Gasteiger partial charge in [0.05, 0.1) is 0 Å². The summed E-state index contributed by atoms with van der Waals surface area (Å²) in [6.45, 7) is 2.44. The van der Waals surface area contributed by atoms with Crippen molar-refractivity contribution in [2.75, 3.05) is 0 Å². The van der Waals surface area contributed by atoms with Gasteiger partial charge in [-0.2, -0.15) is 0 Å². The SMILES string of the molecule is CC(N)c1ccc(OCc2cccc(Cl)c2)cc1Br. The van der Waals surface area contributed by atoms with Gasteiger partial charge in [0.2, 0.25) is 0 Å². The van der Waals surface area contributed by atoms with E-state index in [0.717, 1.165) is 26.4 Å². The first-order chi connectivity index (χ1) is 9.06. The van der Waals surface area contributed by atoms with Crippen LogP contribution in [0.15, 0.2) is 46.9 Å². The number of nitrogens with two attached hydrogens (primary N) is 1. The van der Waals surface area contributed by atoms with Gasteiger partial charge in [0.15, 0.2) is 0 Å². The molecule has 2 rings (SSSR count). The van der Waals surface area contributed by atoms with Gasteiger partial charge in [0.25, 0.3) is 0 Å². The summed E-state index contributed by atoms with van der Waals surface area (Å²) in [4.78, 5) is 0. The quantitative estimate of drug-likeness (QED) is 0.875. The van der Waals surface area contributed by atoms with Crippen molar-refractivity contribution < 1.29 is 4.74 Å². The van der Waals surface area contributed by atoms with Crippen molar-refractivity contribution in [1.82, 2.24) is 0 Å². The highest BCUT2D eigenvalue weighted by Gasteiger charge is 2.06. The Morgan fingerprint density at radius 1 is 1.26 bits per heavy atom. The molecule has 0 heterocycles. The topological polar surface area (TPSA) is 35.2 Å². The third-order valence-electron chi connectivity index (χ3n) is 2.76. The molecule has 0 aliphatic carbocycles. The van der Waals surface area contributed by atoms with Crippen molar-refractivity contribution >= 4 is 27.5 Å². The zero-order valence-corrected chi connectivity index (χ0v) is 12.9. The molecule has 0 aliphatic rings. The molecule has 0 amide bonds. The van der Waals surface area contributed by atoms with Crippen LogP contribution >= 0.6 is 27.5 Å². The van der Waals surface area contributed by atoms with E-state index in [1.165, 1.54) is 0 Å². The highest BCUT2D eigenvalue weighted by atomic mass is 79.9. The van der Waals surface area contributed by atoms with Crippen molar-refractivity contribution in [3.05, 3.63) is 63.1 Å². The van der Waals surface area contributed by atoms with E-state index in [4.69, 9.17) is 22.1 Å². The lowest BCUT2D eigenvalue weighted by atomic mass is 10.1. The molecule has 2 aromatic rings. The molecule has 0 bridgehead atoms. The van der Waals surface area contributed by atoms with Gasteiger partial charge in [-0.05, 0) is 42.3 Å². The fourth-order valence-corrected chi connectivity index (χ4v) is 2.69. The van der Waals surface area contributed by atoms with E-state index in [1.807, 2.05) is 49.4 Å². The summed E-state index contributed by atoms with van der Waals surface area (Å²) in [5.41, 5.74) is 7.97.